The van der Waals surface area contributed by atoms with Crippen molar-refractivity contribution in [3.63, 3.8) is 0 Å². The van der Waals surface area contributed by atoms with Gasteiger partial charge in [0.25, 0.3) is 0 Å². The van der Waals surface area contributed by atoms with E-state index in [1.54, 1.807) is 20.4 Å². The Morgan fingerprint density at radius 2 is 2.04 bits per heavy atom. The summed E-state index contributed by atoms with van der Waals surface area (Å²) >= 11 is 0. The van der Waals surface area contributed by atoms with Crippen molar-refractivity contribution in [2.24, 2.45) is 0 Å². The van der Waals surface area contributed by atoms with E-state index in [-0.39, 0.29) is 11.9 Å². The Hall–Kier alpha value is -2.54. The van der Waals surface area contributed by atoms with Gasteiger partial charge in [0.15, 0.2) is 11.5 Å². The summed E-state index contributed by atoms with van der Waals surface area (Å²) in [7, 11) is 3.24. The minimum atomic E-state index is -0.624. The van der Waals surface area contributed by atoms with Crippen LogP contribution in [0.1, 0.15) is 25.3 Å². The van der Waals surface area contributed by atoms with Gasteiger partial charge in [0.1, 0.15) is 5.54 Å². The quantitative estimate of drug-likeness (QED) is 0.774. The highest BCUT2D eigenvalue weighted by Crippen LogP contribution is 2.29. The molecular formula is C20H28N4O3. The average Bonchev–Trinajstić information content (AvgIpc) is 3.23. The number of hydrogen-bond donors (Lipinski definition) is 2. The van der Waals surface area contributed by atoms with Crippen LogP contribution < -0.4 is 20.1 Å². The predicted octanol–water partition coefficient (Wildman–Crippen LogP) is 1.73. The number of methoxy groups -OCH3 is 2. The van der Waals surface area contributed by atoms with E-state index in [2.05, 4.69) is 15.7 Å². The summed E-state index contributed by atoms with van der Waals surface area (Å²) in [5.74, 6) is 1.42. The first-order chi connectivity index (χ1) is 13.1. The third-order valence-electron chi connectivity index (χ3n) is 5.16. The molecule has 2 N–H and O–H groups in total. The molecule has 1 aliphatic heterocycles. The first-order valence-electron chi connectivity index (χ1n) is 9.32. The van der Waals surface area contributed by atoms with E-state index in [4.69, 9.17) is 9.47 Å². The summed E-state index contributed by atoms with van der Waals surface area (Å²) < 4.78 is 12.5. The molecule has 1 aromatic heterocycles. The molecule has 0 saturated carbocycles. The van der Waals surface area contributed by atoms with E-state index in [0.29, 0.717) is 17.9 Å². The van der Waals surface area contributed by atoms with Gasteiger partial charge in [0.05, 0.1) is 14.2 Å². The molecule has 3 rings (SSSR count). The van der Waals surface area contributed by atoms with Gasteiger partial charge in [0, 0.05) is 18.4 Å². The maximum absolute atomic E-state index is 13.2. The van der Waals surface area contributed by atoms with Crippen molar-refractivity contribution in [2.45, 2.75) is 37.8 Å². The van der Waals surface area contributed by atoms with Crippen molar-refractivity contribution in [3.05, 3.63) is 42.2 Å². The van der Waals surface area contributed by atoms with Crippen molar-refractivity contribution in [3.8, 4) is 11.5 Å². The SMILES string of the molecule is COc1ccc(CC(C)NC(=O)C2(n3cccn3)CCNCC2)cc1OC. The largest absolute Gasteiger partial charge is 0.493 e. The summed E-state index contributed by atoms with van der Waals surface area (Å²) in [6, 6.07) is 7.69. The fraction of sp³-hybridized carbons (Fsp3) is 0.500. The lowest BCUT2D eigenvalue weighted by molar-refractivity contribution is -0.132. The number of carbonyl (C=O) groups excluding carboxylic acids is 1. The van der Waals surface area contributed by atoms with Crippen LogP contribution in [0.25, 0.3) is 0 Å². The Kier molecular flexibility index (Phi) is 6.01. The first kappa shape index (κ1) is 19.2. The Balaban J connectivity index is 1.71. The summed E-state index contributed by atoms with van der Waals surface area (Å²) in [6.45, 7) is 3.63. The summed E-state index contributed by atoms with van der Waals surface area (Å²) in [4.78, 5) is 13.2. The van der Waals surface area contributed by atoms with Crippen LogP contribution in [0, 0.1) is 0 Å². The summed E-state index contributed by atoms with van der Waals surface area (Å²) in [5.41, 5.74) is 0.458. The second-order valence-corrected chi connectivity index (χ2v) is 7.00. The Bertz CT molecular complexity index is 755. The Morgan fingerprint density at radius 3 is 2.67 bits per heavy atom. The number of carbonyl (C=O) groups is 1. The topological polar surface area (TPSA) is 77.4 Å². The number of nitrogens with one attached hydrogen (secondary N) is 2. The number of ether oxygens (including phenoxy) is 2. The zero-order chi connectivity index (χ0) is 19.3. The van der Waals surface area contributed by atoms with Gasteiger partial charge >= 0.3 is 0 Å². The maximum Gasteiger partial charge on any atom is 0.248 e. The molecule has 1 aromatic carbocycles. The summed E-state index contributed by atoms with van der Waals surface area (Å²) in [5, 5.41) is 10.9. The van der Waals surface area contributed by atoms with Crippen molar-refractivity contribution in [1.82, 2.24) is 20.4 Å². The predicted molar refractivity (Wildman–Crippen MR) is 103 cm³/mol. The Labute approximate surface area is 160 Å². The van der Waals surface area contributed by atoms with Gasteiger partial charge in [-0.2, -0.15) is 5.10 Å². The number of hydrogen-bond acceptors (Lipinski definition) is 5. The number of rotatable bonds is 7. The zero-order valence-electron chi connectivity index (χ0n) is 16.2. The lowest BCUT2D eigenvalue weighted by Gasteiger charge is -2.37. The molecule has 0 spiro atoms. The normalized spacial score (nSPS) is 17.1. The van der Waals surface area contributed by atoms with E-state index in [9.17, 15) is 4.79 Å². The molecule has 1 unspecified atom stereocenters. The van der Waals surface area contributed by atoms with Gasteiger partial charge < -0.3 is 20.1 Å². The Morgan fingerprint density at radius 1 is 1.30 bits per heavy atom. The van der Waals surface area contributed by atoms with Gasteiger partial charge in [0.2, 0.25) is 5.91 Å². The molecule has 1 fully saturated rings. The van der Waals surface area contributed by atoms with Crippen molar-refractivity contribution >= 4 is 5.91 Å². The molecule has 0 aliphatic carbocycles. The van der Waals surface area contributed by atoms with E-state index in [0.717, 1.165) is 31.5 Å². The average molecular weight is 372 g/mol. The third kappa shape index (κ3) is 4.08. The molecule has 1 atom stereocenters. The maximum atomic E-state index is 13.2. The number of piperidine rings is 1. The van der Waals surface area contributed by atoms with Crippen LogP contribution in [-0.4, -0.2) is 49.0 Å². The molecule has 7 nitrogen and oxygen atoms in total. The van der Waals surface area contributed by atoms with Gasteiger partial charge in [-0.25, -0.2) is 0 Å². The fourth-order valence-electron chi connectivity index (χ4n) is 3.69. The zero-order valence-corrected chi connectivity index (χ0v) is 16.2. The highest BCUT2D eigenvalue weighted by atomic mass is 16.5. The van der Waals surface area contributed by atoms with Crippen LogP contribution in [0.15, 0.2) is 36.7 Å². The minimum absolute atomic E-state index is 0.0158. The van der Waals surface area contributed by atoms with Crippen LogP contribution in [-0.2, 0) is 16.8 Å². The van der Waals surface area contributed by atoms with Crippen molar-refractivity contribution in [1.29, 1.82) is 0 Å². The van der Waals surface area contributed by atoms with Crippen LogP contribution in [0.3, 0.4) is 0 Å². The molecule has 7 heteroatoms. The molecule has 146 valence electrons. The second-order valence-electron chi connectivity index (χ2n) is 7.00. The third-order valence-corrected chi connectivity index (χ3v) is 5.16. The smallest absolute Gasteiger partial charge is 0.248 e. The monoisotopic (exact) mass is 372 g/mol. The van der Waals surface area contributed by atoms with Crippen LogP contribution >= 0.6 is 0 Å². The number of aromatic nitrogens is 2. The van der Waals surface area contributed by atoms with E-state index < -0.39 is 5.54 Å². The second kappa shape index (κ2) is 8.43. The van der Waals surface area contributed by atoms with E-state index >= 15 is 0 Å². The molecule has 1 amide bonds. The molecule has 1 aliphatic rings. The number of nitrogens with zero attached hydrogens (tertiary/aromatic N) is 2. The highest BCUT2D eigenvalue weighted by molar-refractivity contribution is 5.84. The molecular weight excluding hydrogens is 344 g/mol. The van der Waals surface area contributed by atoms with Gasteiger partial charge in [-0.1, -0.05) is 6.07 Å². The van der Waals surface area contributed by atoms with Crippen LogP contribution in [0.4, 0.5) is 0 Å². The van der Waals surface area contributed by atoms with E-state index in [1.807, 2.05) is 42.1 Å². The van der Waals surface area contributed by atoms with Gasteiger partial charge in [-0.15, -0.1) is 0 Å². The van der Waals surface area contributed by atoms with Crippen molar-refractivity contribution in [2.75, 3.05) is 27.3 Å². The minimum Gasteiger partial charge on any atom is -0.493 e. The lowest BCUT2D eigenvalue weighted by Crippen LogP contribution is -2.56. The lowest BCUT2D eigenvalue weighted by atomic mass is 9.87. The molecule has 2 aromatic rings. The molecule has 27 heavy (non-hydrogen) atoms. The fourth-order valence-corrected chi connectivity index (χ4v) is 3.69. The van der Waals surface area contributed by atoms with Crippen molar-refractivity contribution < 1.29 is 14.3 Å². The van der Waals surface area contributed by atoms with Crippen LogP contribution in [0.2, 0.25) is 0 Å². The standard InChI is InChI=1S/C20H28N4O3/c1-15(13-16-5-6-17(26-2)18(14-16)27-3)23-19(25)20(7-10-21-11-8-20)24-12-4-9-22-24/h4-6,9,12,14-15,21H,7-8,10-11,13H2,1-3H3,(H,23,25). The molecule has 2 heterocycles. The van der Waals surface area contributed by atoms with Gasteiger partial charge in [-0.05, 0) is 63.0 Å². The van der Waals surface area contributed by atoms with Crippen LogP contribution in [0.5, 0.6) is 11.5 Å². The highest BCUT2D eigenvalue weighted by Gasteiger charge is 2.42. The van der Waals surface area contributed by atoms with Gasteiger partial charge in [-0.3, -0.25) is 9.48 Å². The van der Waals surface area contributed by atoms with E-state index in [1.165, 1.54) is 0 Å². The first-order valence-corrected chi connectivity index (χ1v) is 9.32. The summed E-state index contributed by atoms with van der Waals surface area (Å²) in [6.07, 6.45) is 5.76. The number of amides is 1. The molecule has 1 saturated heterocycles. The number of benzene rings is 1. The molecule has 0 radical (unpaired) electrons. The molecule has 0 bridgehead atoms.